The molecule has 2 aliphatic rings. The summed E-state index contributed by atoms with van der Waals surface area (Å²) in [5.41, 5.74) is 2.15. The number of Topliss-reactive ketones (excluding diaryl/α,β-unsaturated/α-hetero) is 2. The summed E-state index contributed by atoms with van der Waals surface area (Å²) in [6.45, 7) is 9.31. The Labute approximate surface area is 421 Å². The van der Waals surface area contributed by atoms with E-state index in [0.29, 0.717) is 74.5 Å². The molecule has 0 saturated carbocycles. The van der Waals surface area contributed by atoms with Gasteiger partial charge < -0.3 is 9.55 Å². The van der Waals surface area contributed by atoms with Gasteiger partial charge >= 0.3 is 12.4 Å². The quantitative estimate of drug-likeness (QED) is 0.0638. The van der Waals surface area contributed by atoms with Crippen molar-refractivity contribution in [3.63, 3.8) is 0 Å². The normalized spacial score (nSPS) is 14.5. The molecule has 4 aromatic heterocycles. The van der Waals surface area contributed by atoms with Crippen molar-refractivity contribution in [2.24, 2.45) is 11.8 Å². The molecule has 0 aliphatic heterocycles. The molecule has 6 aromatic rings. The summed E-state index contributed by atoms with van der Waals surface area (Å²) in [7, 11) is 0. The van der Waals surface area contributed by atoms with Crippen LogP contribution in [-0.4, -0.2) is 56.0 Å². The Morgan fingerprint density at radius 2 is 1.13 bits per heavy atom. The lowest BCUT2D eigenvalue weighted by Crippen LogP contribution is -2.21. The number of nitrogens with zero attached hydrogens (tertiary/aromatic N) is 7. The average Bonchev–Trinajstić information content (AvgIpc) is 4.16. The van der Waals surface area contributed by atoms with E-state index in [1.807, 2.05) is 66.9 Å². The number of H-pyrrole nitrogens is 1. The summed E-state index contributed by atoms with van der Waals surface area (Å²) < 4.78 is 85.6. The van der Waals surface area contributed by atoms with Crippen LogP contribution in [0.25, 0.3) is 0 Å². The molecule has 2 aliphatic carbocycles. The smallest absolute Gasteiger partial charge is 0.348 e. The Kier molecular flexibility index (Phi) is 20.0. The number of alkyl halides is 7. The molecule has 384 valence electrons. The number of aryl methyl sites for hydroxylation is 1. The third-order valence-electron chi connectivity index (χ3n) is 13.0. The highest BCUT2D eigenvalue weighted by molar-refractivity contribution is 9.09. The zero-order valence-electron chi connectivity index (χ0n) is 41.2. The van der Waals surface area contributed by atoms with E-state index in [4.69, 9.17) is 0 Å². The van der Waals surface area contributed by atoms with E-state index in [1.54, 1.807) is 18.6 Å². The fourth-order valence-electron chi connectivity index (χ4n) is 9.37. The highest BCUT2D eigenvalue weighted by Crippen LogP contribution is 2.38. The number of ketones is 2. The predicted octanol–water partition coefficient (Wildman–Crippen LogP) is 12.9. The van der Waals surface area contributed by atoms with E-state index in [-0.39, 0.29) is 60.5 Å². The van der Waals surface area contributed by atoms with Gasteiger partial charge in [0.2, 0.25) is 0 Å². The maximum absolute atomic E-state index is 13.6. The zero-order valence-corrected chi connectivity index (χ0v) is 42.8. The monoisotopic (exact) mass is 1050 g/mol. The first-order valence-electron chi connectivity index (χ1n) is 24.9. The summed E-state index contributed by atoms with van der Waals surface area (Å²) in [6, 6.07) is 19.7. The molecule has 17 heteroatoms. The number of rotatable bonds is 19. The van der Waals surface area contributed by atoms with Gasteiger partial charge in [-0.1, -0.05) is 104 Å². The molecule has 8 rings (SSSR count). The molecule has 2 aromatic carbocycles. The van der Waals surface area contributed by atoms with E-state index < -0.39 is 23.7 Å². The van der Waals surface area contributed by atoms with Gasteiger partial charge in [0.25, 0.3) is 0 Å². The SMILES string of the molecule is CC(C)CCBr.CC(C)CCn1ccnc1[C@@H](CC(=O)Cn1nc(C(F)(F)F)c2c1CCCC2)Cc1ccccc1.O=C(C[C@@H](Cc1ccccc1)c1ncc[nH]1)Cn1nc(C(F)(F)F)c2c1CCCC2. The largest absolute Gasteiger partial charge is 0.435 e. The van der Waals surface area contributed by atoms with Crippen molar-refractivity contribution in [3.05, 3.63) is 142 Å². The number of carbonyl (C=O) groups is 2. The summed E-state index contributed by atoms with van der Waals surface area (Å²) in [4.78, 5) is 38.1. The lowest BCUT2D eigenvalue weighted by atomic mass is 9.93. The molecule has 2 atom stereocenters. The molecule has 0 unspecified atom stereocenters. The average molecular weight is 1050 g/mol. The van der Waals surface area contributed by atoms with Crippen molar-refractivity contribution < 1.29 is 35.9 Å². The van der Waals surface area contributed by atoms with Gasteiger partial charge in [-0.2, -0.15) is 36.5 Å². The Morgan fingerprint density at radius 1 is 0.648 bits per heavy atom. The molecule has 0 bridgehead atoms. The van der Waals surface area contributed by atoms with Crippen LogP contribution < -0.4 is 0 Å². The lowest BCUT2D eigenvalue weighted by molar-refractivity contribution is -0.143. The molecule has 0 saturated heterocycles. The number of fused-ring (bicyclic) bond motifs is 2. The van der Waals surface area contributed by atoms with Crippen LogP contribution in [0.1, 0.15) is 148 Å². The number of hydrogen-bond donors (Lipinski definition) is 1. The molecule has 0 radical (unpaired) electrons. The van der Waals surface area contributed by atoms with Crippen LogP contribution in [0.3, 0.4) is 0 Å². The third kappa shape index (κ3) is 16.1. The van der Waals surface area contributed by atoms with Gasteiger partial charge in [-0.25, -0.2) is 9.97 Å². The topological polar surface area (TPSA) is 116 Å². The predicted molar refractivity (Wildman–Crippen MR) is 266 cm³/mol. The van der Waals surface area contributed by atoms with Crippen molar-refractivity contribution in [3.8, 4) is 0 Å². The van der Waals surface area contributed by atoms with E-state index in [9.17, 15) is 35.9 Å². The molecule has 1 N–H and O–H groups in total. The van der Waals surface area contributed by atoms with Crippen LogP contribution in [0.2, 0.25) is 0 Å². The minimum atomic E-state index is -4.51. The van der Waals surface area contributed by atoms with Crippen molar-refractivity contribution in [2.75, 3.05) is 5.33 Å². The number of aromatic nitrogens is 8. The van der Waals surface area contributed by atoms with Gasteiger partial charge in [0.1, 0.15) is 11.6 Å². The molecule has 71 heavy (non-hydrogen) atoms. The number of imidazole rings is 2. The highest BCUT2D eigenvalue weighted by Gasteiger charge is 2.41. The second-order valence-electron chi connectivity index (χ2n) is 19.5. The first-order chi connectivity index (χ1) is 33.9. The van der Waals surface area contributed by atoms with Crippen LogP contribution in [-0.2, 0) is 80.1 Å². The minimum absolute atomic E-state index is 0.131. The first-order valence-corrected chi connectivity index (χ1v) is 26.0. The Balaban J connectivity index is 0.000000210. The van der Waals surface area contributed by atoms with Crippen LogP contribution in [0.5, 0.6) is 0 Å². The maximum atomic E-state index is 13.6. The standard InChI is InChI=1S/C27H33F3N4O.C22H23F3N4O.C5H11Br/c1-19(2)12-14-33-15-13-31-26(33)21(16-20-8-4-3-5-9-20)17-22(35)18-34-24-11-7-6-10-23(24)25(32-34)27(28,29)30;23-22(24,25)20-18-8-4-5-9-19(18)29(28-20)14-17(30)13-16(21-26-10-11-27-21)12-15-6-2-1-3-7-15;1-5(2)3-4-6/h3-5,8-9,13,15,19,21H,6-7,10-12,14,16-18H2,1-2H3;1-3,6-7,10-11,16H,4-5,8-9,12-14H2,(H,26,27);5H,3-4H2,1-2H3/t21-;16-;/m11./s1. The molecular weight excluding hydrogens is 987 g/mol. The van der Waals surface area contributed by atoms with Crippen molar-refractivity contribution in [2.45, 2.75) is 161 Å². The van der Waals surface area contributed by atoms with Crippen molar-refractivity contribution >= 4 is 27.5 Å². The number of halogens is 7. The Morgan fingerprint density at radius 3 is 1.56 bits per heavy atom. The molecule has 10 nitrogen and oxygen atoms in total. The van der Waals surface area contributed by atoms with Crippen LogP contribution in [0, 0.1) is 11.8 Å². The summed E-state index contributed by atoms with van der Waals surface area (Å²) in [5, 5.41) is 8.82. The van der Waals surface area contributed by atoms with Gasteiger partial charge in [0, 0.05) is 83.9 Å². The van der Waals surface area contributed by atoms with Crippen molar-refractivity contribution in [1.29, 1.82) is 0 Å². The molecule has 4 heterocycles. The molecule has 0 amide bonds. The Bertz CT molecular complexity index is 2560. The molecular formula is C54H67BrF6N8O2. The Hall–Kier alpha value is -5.32. The zero-order chi connectivity index (χ0) is 51.1. The van der Waals surface area contributed by atoms with Gasteiger partial charge in [0.15, 0.2) is 23.0 Å². The van der Waals surface area contributed by atoms with E-state index in [2.05, 4.69) is 73.3 Å². The molecule has 0 fully saturated rings. The lowest BCUT2D eigenvalue weighted by Gasteiger charge is -2.19. The van der Waals surface area contributed by atoms with Crippen LogP contribution in [0.15, 0.2) is 85.5 Å². The fourth-order valence-corrected chi connectivity index (χ4v) is 10.3. The summed E-state index contributed by atoms with van der Waals surface area (Å²) in [6.07, 6.45) is 6.79. The third-order valence-corrected chi connectivity index (χ3v) is 13.4. The van der Waals surface area contributed by atoms with Gasteiger partial charge in [-0.3, -0.25) is 19.0 Å². The number of aromatic amines is 1. The number of benzene rings is 2. The van der Waals surface area contributed by atoms with Gasteiger partial charge in [-0.15, -0.1) is 0 Å². The summed E-state index contributed by atoms with van der Waals surface area (Å²) in [5.74, 6) is 2.31. The summed E-state index contributed by atoms with van der Waals surface area (Å²) >= 11 is 3.35. The van der Waals surface area contributed by atoms with Gasteiger partial charge in [0.05, 0.1) is 13.1 Å². The second-order valence-corrected chi connectivity index (χ2v) is 20.3. The van der Waals surface area contributed by atoms with E-state index in [0.717, 1.165) is 54.0 Å². The van der Waals surface area contributed by atoms with Crippen molar-refractivity contribution in [1.82, 2.24) is 39.1 Å². The first kappa shape index (κ1) is 55.0. The fraction of sp³-hybridized carbons (Fsp3) is 0.519. The number of carbonyl (C=O) groups excluding carboxylic acids is 2. The highest BCUT2D eigenvalue weighted by atomic mass is 79.9. The van der Waals surface area contributed by atoms with Crippen LogP contribution >= 0.6 is 15.9 Å². The second kappa shape index (κ2) is 25.9. The minimum Gasteiger partial charge on any atom is -0.348 e. The van der Waals surface area contributed by atoms with Gasteiger partial charge in [-0.05, 0) is 100 Å². The molecule has 0 spiro atoms. The van der Waals surface area contributed by atoms with E-state index in [1.165, 1.54) is 15.8 Å². The number of hydrogen-bond acceptors (Lipinski definition) is 6. The van der Waals surface area contributed by atoms with Crippen LogP contribution in [0.4, 0.5) is 26.3 Å². The number of nitrogens with one attached hydrogen (secondary N) is 1. The maximum Gasteiger partial charge on any atom is 0.435 e. The van der Waals surface area contributed by atoms with E-state index >= 15 is 0 Å².